The van der Waals surface area contributed by atoms with Crippen LogP contribution in [0.2, 0.25) is 0 Å². The van der Waals surface area contributed by atoms with E-state index in [-0.39, 0.29) is 11.5 Å². The second-order valence-corrected chi connectivity index (χ2v) is 2.96. The summed E-state index contributed by atoms with van der Waals surface area (Å²) in [5.41, 5.74) is 1.82. The molecule has 0 saturated carbocycles. The third-order valence-electron chi connectivity index (χ3n) is 1.98. The average molecular weight is 165 g/mol. The highest BCUT2D eigenvalue weighted by Crippen LogP contribution is 2.20. The predicted octanol–water partition coefficient (Wildman–Crippen LogP) is 1.38. The fourth-order valence-corrected chi connectivity index (χ4v) is 1.47. The van der Waals surface area contributed by atoms with Crippen LogP contribution in [0, 0.1) is 12.7 Å². The maximum Gasteiger partial charge on any atom is 0.254 e. The highest BCUT2D eigenvalue weighted by Gasteiger charge is 2.22. The summed E-state index contributed by atoms with van der Waals surface area (Å²) in [4.78, 5) is 11.0. The molecule has 62 valence electrons. The number of rotatable bonds is 0. The number of aryl methyl sites for hydroxylation is 1. The van der Waals surface area contributed by atoms with Crippen LogP contribution < -0.4 is 5.32 Å². The van der Waals surface area contributed by atoms with Crippen LogP contribution in [-0.4, -0.2) is 5.91 Å². The molecule has 1 aromatic carbocycles. The van der Waals surface area contributed by atoms with Crippen molar-refractivity contribution >= 4 is 5.91 Å². The Bertz CT molecular complexity index is 360. The lowest BCUT2D eigenvalue weighted by atomic mass is 10.1. The van der Waals surface area contributed by atoms with Crippen molar-refractivity contribution < 1.29 is 9.18 Å². The van der Waals surface area contributed by atoms with Crippen LogP contribution in [0.25, 0.3) is 0 Å². The zero-order chi connectivity index (χ0) is 8.72. The van der Waals surface area contributed by atoms with Crippen LogP contribution in [-0.2, 0) is 6.54 Å². The van der Waals surface area contributed by atoms with Crippen LogP contribution in [0.3, 0.4) is 0 Å². The maximum absolute atomic E-state index is 13.1. The Morgan fingerprint density at radius 2 is 2.25 bits per heavy atom. The average Bonchev–Trinajstić information content (AvgIpc) is 2.31. The van der Waals surface area contributed by atoms with E-state index < -0.39 is 5.82 Å². The molecule has 0 unspecified atom stereocenters. The second kappa shape index (κ2) is 2.30. The number of benzene rings is 1. The minimum absolute atomic E-state index is 0.209. The molecular formula is C9H8FNO. The summed E-state index contributed by atoms with van der Waals surface area (Å²) < 4.78 is 13.1. The van der Waals surface area contributed by atoms with Crippen molar-refractivity contribution in [2.24, 2.45) is 0 Å². The van der Waals surface area contributed by atoms with E-state index in [0.29, 0.717) is 6.54 Å². The molecule has 12 heavy (non-hydrogen) atoms. The zero-order valence-corrected chi connectivity index (χ0v) is 6.65. The first-order valence-electron chi connectivity index (χ1n) is 3.75. The summed E-state index contributed by atoms with van der Waals surface area (Å²) in [7, 11) is 0. The van der Waals surface area contributed by atoms with Crippen molar-refractivity contribution in [2.45, 2.75) is 13.5 Å². The standard InChI is InChI=1S/C9H8FNO/c1-5-2-6-4-11-9(12)8(6)7(10)3-5/h2-3H,4H2,1H3,(H,11,12). The Morgan fingerprint density at radius 3 is 3.00 bits per heavy atom. The van der Waals surface area contributed by atoms with Crippen molar-refractivity contribution in [3.8, 4) is 0 Å². The minimum atomic E-state index is -0.417. The number of fused-ring (bicyclic) bond motifs is 1. The van der Waals surface area contributed by atoms with Gasteiger partial charge in [0.15, 0.2) is 0 Å². The normalized spacial score (nSPS) is 14.3. The first-order chi connectivity index (χ1) is 5.68. The van der Waals surface area contributed by atoms with Crippen LogP contribution in [0.15, 0.2) is 12.1 Å². The molecule has 1 aromatic rings. The smallest absolute Gasteiger partial charge is 0.254 e. The molecular weight excluding hydrogens is 157 g/mol. The molecule has 3 heteroatoms. The summed E-state index contributed by atoms with van der Waals surface area (Å²) in [5.74, 6) is -0.720. The van der Waals surface area contributed by atoms with Gasteiger partial charge in [-0.05, 0) is 24.1 Å². The lowest BCUT2D eigenvalue weighted by Gasteiger charge is -1.98. The molecule has 2 nitrogen and oxygen atoms in total. The summed E-state index contributed by atoms with van der Waals surface area (Å²) in [6, 6.07) is 3.21. The van der Waals surface area contributed by atoms with E-state index in [1.807, 2.05) is 13.0 Å². The van der Waals surface area contributed by atoms with E-state index in [4.69, 9.17) is 0 Å². The molecule has 0 spiro atoms. The monoisotopic (exact) mass is 165 g/mol. The molecule has 1 N–H and O–H groups in total. The molecule has 0 radical (unpaired) electrons. The molecule has 0 fully saturated rings. The molecule has 2 rings (SSSR count). The fraction of sp³-hybridized carbons (Fsp3) is 0.222. The predicted molar refractivity (Wildman–Crippen MR) is 42.3 cm³/mol. The third-order valence-corrected chi connectivity index (χ3v) is 1.98. The number of carbonyl (C=O) groups excluding carboxylic acids is 1. The molecule has 0 aromatic heterocycles. The van der Waals surface area contributed by atoms with Gasteiger partial charge in [0.1, 0.15) is 5.82 Å². The number of carbonyl (C=O) groups is 1. The number of hydrogen-bond acceptors (Lipinski definition) is 1. The SMILES string of the molecule is Cc1cc(F)c2c(c1)CNC2=O. The van der Waals surface area contributed by atoms with Crippen molar-refractivity contribution in [1.29, 1.82) is 0 Å². The van der Waals surface area contributed by atoms with E-state index in [1.165, 1.54) is 6.07 Å². The second-order valence-electron chi connectivity index (χ2n) is 2.96. The third kappa shape index (κ3) is 0.897. The van der Waals surface area contributed by atoms with Gasteiger partial charge in [0.25, 0.3) is 5.91 Å². The van der Waals surface area contributed by atoms with Gasteiger partial charge < -0.3 is 5.32 Å². The van der Waals surface area contributed by atoms with Crippen LogP contribution in [0.4, 0.5) is 4.39 Å². The number of hydrogen-bond donors (Lipinski definition) is 1. The number of halogens is 1. The van der Waals surface area contributed by atoms with Gasteiger partial charge in [-0.25, -0.2) is 4.39 Å². The van der Waals surface area contributed by atoms with Gasteiger partial charge in [-0.1, -0.05) is 6.07 Å². The Kier molecular flexibility index (Phi) is 1.40. The molecule has 0 saturated heterocycles. The van der Waals surface area contributed by atoms with Crippen molar-refractivity contribution in [3.05, 3.63) is 34.6 Å². The Morgan fingerprint density at radius 1 is 1.50 bits per heavy atom. The minimum Gasteiger partial charge on any atom is -0.348 e. The van der Waals surface area contributed by atoms with Gasteiger partial charge in [-0.3, -0.25) is 4.79 Å². The molecule has 1 aliphatic rings. The topological polar surface area (TPSA) is 29.1 Å². The molecule has 1 amide bonds. The summed E-state index contributed by atoms with van der Waals surface area (Å²) in [6.45, 7) is 2.26. The van der Waals surface area contributed by atoms with Gasteiger partial charge in [-0.2, -0.15) is 0 Å². The quantitative estimate of drug-likeness (QED) is 0.618. The molecule has 0 atom stereocenters. The lowest BCUT2D eigenvalue weighted by molar-refractivity contribution is 0.0962. The fourth-order valence-electron chi connectivity index (χ4n) is 1.47. The lowest BCUT2D eigenvalue weighted by Crippen LogP contribution is -2.13. The number of amides is 1. The molecule has 1 aliphatic heterocycles. The zero-order valence-electron chi connectivity index (χ0n) is 6.65. The van der Waals surface area contributed by atoms with E-state index >= 15 is 0 Å². The van der Waals surface area contributed by atoms with Crippen molar-refractivity contribution in [1.82, 2.24) is 5.32 Å². The van der Waals surface area contributed by atoms with Gasteiger partial charge >= 0.3 is 0 Å². The molecule has 1 heterocycles. The summed E-state index contributed by atoms with van der Waals surface area (Å²) >= 11 is 0. The highest BCUT2D eigenvalue weighted by atomic mass is 19.1. The largest absolute Gasteiger partial charge is 0.348 e. The Balaban J connectivity index is 2.68. The van der Waals surface area contributed by atoms with Gasteiger partial charge in [0.05, 0.1) is 5.56 Å². The number of nitrogens with one attached hydrogen (secondary N) is 1. The van der Waals surface area contributed by atoms with Gasteiger partial charge in [0, 0.05) is 6.54 Å². The van der Waals surface area contributed by atoms with Crippen molar-refractivity contribution in [3.63, 3.8) is 0 Å². The van der Waals surface area contributed by atoms with Gasteiger partial charge in [0.2, 0.25) is 0 Å². The maximum atomic E-state index is 13.1. The van der Waals surface area contributed by atoms with E-state index in [0.717, 1.165) is 11.1 Å². The van der Waals surface area contributed by atoms with Crippen LogP contribution in [0.1, 0.15) is 21.5 Å². The summed E-state index contributed by atoms with van der Waals surface area (Å²) in [5, 5.41) is 2.57. The first kappa shape index (κ1) is 7.28. The van der Waals surface area contributed by atoms with E-state index in [9.17, 15) is 9.18 Å². The summed E-state index contributed by atoms with van der Waals surface area (Å²) in [6.07, 6.45) is 0. The van der Waals surface area contributed by atoms with Crippen molar-refractivity contribution in [2.75, 3.05) is 0 Å². The van der Waals surface area contributed by atoms with Crippen LogP contribution in [0.5, 0.6) is 0 Å². The molecule has 0 bridgehead atoms. The Hall–Kier alpha value is -1.38. The van der Waals surface area contributed by atoms with Crippen LogP contribution >= 0.6 is 0 Å². The van der Waals surface area contributed by atoms with Gasteiger partial charge in [-0.15, -0.1) is 0 Å². The van der Waals surface area contributed by atoms with E-state index in [2.05, 4.69) is 5.32 Å². The first-order valence-corrected chi connectivity index (χ1v) is 3.75. The highest BCUT2D eigenvalue weighted by molar-refractivity contribution is 5.98. The Labute approximate surface area is 69.4 Å². The molecule has 0 aliphatic carbocycles. The van der Waals surface area contributed by atoms with E-state index in [1.54, 1.807) is 0 Å².